The molecule has 0 saturated carbocycles. The van der Waals surface area contributed by atoms with Crippen LogP contribution in [-0.4, -0.2) is 46.6 Å². The monoisotopic (exact) mass is 276 g/mol. The summed E-state index contributed by atoms with van der Waals surface area (Å²) in [4.78, 5) is 17.6. The summed E-state index contributed by atoms with van der Waals surface area (Å²) in [5.74, 6) is 0.472. The van der Waals surface area contributed by atoms with Gasteiger partial charge in [-0.1, -0.05) is 0 Å². The Morgan fingerprint density at radius 1 is 1.55 bits per heavy atom. The molecule has 0 atom stereocenters. The van der Waals surface area contributed by atoms with Gasteiger partial charge in [-0.3, -0.25) is 9.48 Å². The van der Waals surface area contributed by atoms with Gasteiger partial charge in [0.1, 0.15) is 11.5 Å². The van der Waals surface area contributed by atoms with Crippen LogP contribution in [0.15, 0.2) is 28.7 Å². The molecule has 1 aliphatic rings. The van der Waals surface area contributed by atoms with Crippen LogP contribution >= 0.6 is 0 Å². The van der Waals surface area contributed by atoms with Gasteiger partial charge in [0.2, 0.25) is 5.91 Å². The molecule has 20 heavy (non-hydrogen) atoms. The number of carbonyl (C=O) groups is 1. The third-order valence-electron chi connectivity index (χ3n) is 3.34. The fourth-order valence-corrected chi connectivity index (χ4v) is 2.22. The molecule has 1 aromatic heterocycles. The highest BCUT2D eigenvalue weighted by Crippen LogP contribution is 2.18. The second-order valence-electron chi connectivity index (χ2n) is 4.77. The average molecular weight is 276 g/mol. The minimum absolute atomic E-state index is 0.0480. The zero-order valence-corrected chi connectivity index (χ0v) is 12.1. The van der Waals surface area contributed by atoms with E-state index in [1.165, 1.54) is 0 Å². The zero-order valence-electron chi connectivity index (χ0n) is 12.1. The maximum atomic E-state index is 11.5. The average Bonchev–Trinajstić information content (AvgIpc) is 2.83. The summed E-state index contributed by atoms with van der Waals surface area (Å²) in [5, 5.41) is 7.20. The van der Waals surface area contributed by atoms with Crippen molar-refractivity contribution in [2.75, 3.05) is 20.1 Å². The van der Waals surface area contributed by atoms with Crippen molar-refractivity contribution >= 4 is 17.4 Å². The molecule has 1 aromatic rings. The first kappa shape index (κ1) is 14.1. The Morgan fingerprint density at radius 2 is 2.30 bits per heavy atom. The smallest absolute Gasteiger partial charge is 0.219 e. The number of amidine groups is 1. The minimum Gasteiger partial charge on any atom is -0.391 e. The molecule has 0 aromatic carbocycles. The van der Waals surface area contributed by atoms with Gasteiger partial charge in [0, 0.05) is 45.3 Å². The normalized spacial score (nSPS) is 16.6. The molecular formula is C13H20N6O. The van der Waals surface area contributed by atoms with Gasteiger partial charge in [0.25, 0.3) is 0 Å². The molecule has 3 N–H and O–H groups in total. The van der Waals surface area contributed by atoms with Crippen LogP contribution in [0.3, 0.4) is 0 Å². The van der Waals surface area contributed by atoms with E-state index in [1.807, 2.05) is 14.1 Å². The van der Waals surface area contributed by atoms with E-state index in [9.17, 15) is 4.79 Å². The largest absolute Gasteiger partial charge is 0.391 e. The molecule has 0 fully saturated rings. The molecule has 2 rings (SSSR count). The number of aliphatic imine (C=N–C) groups is 1. The summed E-state index contributed by atoms with van der Waals surface area (Å²) in [6.07, 6.45) is 4.20. The maximum absolute atomic E-state index is 11.5. The second kappa shape index (κ2) is 5.77. The Bertz CT molecular complexity index is 571. The number of hydrogen-bond donors (Lipinski definition) is 2. The lowest BCUT2D eigenvalue weighted by atomic mass is 10.0. The topological polar surface area (TPSA) is 88.5 Å². The Morgan fingerprint density at radius 3 is 2.85 bits per heavy atom. The zero-order chi connectivity index (χ0) is 14.7. The summed E-state index contributed by atoms with van der Waals surface area (Å²) >= 11 is 0. The molecule has 1 amide bonds. The molecule has 108 valence electrons. The van der Waals surface area contributed by atoms with E-state index in [0.29, 0.717) is 24.6 Å². The summed E-state index contributed by atoms with van der Waals surface area (Å²) in [5.41, 5.74) is 8.70. The molecular weight excluding hydrogens is 256 g/mol. The molecule has 0 bridgehead atoms. The summed E-state index contributed by atoms with van der Waals surface area (Å²) in [6, 6.07) is 0. The van der Waals surface area contributed by atoms with Crippen molar-refractivity contribution in [3.63, 3.8) is 0 Å². The predicted octanol–water partition coefficient (Wildman–Crippen LogP) is 0.134. The number of nitrogens with one attached hydrogen (secondary N) is 1. The standard InChI is InChI=1S/C13H20N6O/c1-9(20)19-5-4-12(15-2)11(8-19)13(14)17-10-6-16-18(3)7-10/h6-7,15H,4-5,8H2,1-3H3,(H2,14,17). The number of nitrogens with zero attached hydrogens (tertiary/aromatic N) is 4. The van der Waals surface area contributed by atoms with E-state index < -0.39 is 0 Å². The van der Waals surface area contributed by atoms with Crippen LogP contribution < -0.4 is 11.1 Å². The Kier molecular flexibility index (Phi) is 4.07. The second-order valence-corrected chi connectivity index (χ2v) is 4.77. The molecule has 0 spiro atoms. The van der Waals surface area contributed by atoms with Crippen LogP contribution in [0.1, 0.15) is 13.3 Å². The highest BCUT2D eigenvalue weighted by molar-refractivity contribution is 6.00. The molecule has 2 heterocycles. The molecule has 0 aliphatic carbocycles. The summed E-state index contributed by atoms with van der Waals surface area (Å²) in [7, 11) is 3.68. The predicted molar refractivity (Wildman–Crippen MR) is 77.4 cm³/mol. The van der Waals surface area contributed by atoms with Crippen molar-refractivity contribution in [1.82, 2.24) is 20.0 Å². The first-order chi connectivity index (χ1) is 9.51. The quantitative estimate of drug-likeness (QED) is 0.607. The molecule has 1 aliphatic heterocycles. The lowest BCUT2D eigenvalue weighted by Gasteiger charge is -2.29. The number of amides is 1. The third-order valence-corrected chi connectivity index (χ3v) is 3.34. The van der Waals surface area contributed by atoms with E-state index in [4.69, 9.17) is 5.73 Å². The van der Waals surface area contributed by atoms with Gasteiger partial charge in [-0.05, 0) is 0 Å². The van der Waals surface area contributed by atoms with Gasteiger partial charge in [0.15, 0.2) is 0 Å². The Labute approximate surface area is 118 Å². The van der Waals surface area contributed by atoms with Gasteiger partial charge in [-0.2, -0.15) is 5.10 Å². The van der Waals surface area contributed by atoms with Gasteiger partial charge < -0.3 is 16.0 Å². The number of carbonyl (C=O) groups excluding carboxylic acids is 1. The number of aromatic nitrogens is 2. The third kappa shape index (κ3) is 2.98. The Hall–Kier alpha value is -2.31. The summed E-state index contributed by atoms with van der Waals surface area (Å²) in [6.45, 7) is 2.76. The van der Waals surface area contributed by atoms with E-state index in [2.05, 4.69) is 15.4 Å². The maximum Gasteiger partial charge on any atom is 0.219 e. The van der Waals surface area contributed by atoms with Gasteiger partial charge in [0.05, 0.1) is 18.9 Å². The van der Waals surface area contributed by atoms with Crippen LogP contribution in [-0.2, 0) is 11.8 Å². The van der Waals surface area contributed by atoms with E-state index in [1.54, 1.807) is 28.9 Å². The lowest BCUT2D eigenvalue weighted by Crippen LogP contribution is -2.40. The number of hydrogen-bond acceptors (Lipinski definition) is 4. The SMILES string of the molecule is CNC1=C(C(N)=Nc2cnn(C)c2)CN(C(C)=O)CC1. The minimum atomic E-state index is 0.0480. The first-order valence-corrected chi connectivity index (χ1v) is 6.49. The molecule has 7 nitrogen and oxygen atoms in total. The van der Waals surface area contributed by atoms with E-state index in [0.717, 1.165) is 17.7 Å². The van der Waals surface area contributed by atoms with Gasteiger partial charge in [-0.25, -0.2) is 4.99 Å². The lowest BCUT2D eigenvalue weighted by molar-refractivity contribution is -0.128. The van der Waals surface area contributed by atoms with Crippen LogP contribution in [0.2, 0.25) is 0 Å². The first-order valence-electron chi connectivity index (χ1n) is 6.49. The van der Waals surface area contributed by atoms with Crippen molar-refractivity contribution in [3.05, 3.63) is 23.7 Å². The van der Waals surface area contributed by atoms with Crippen LogP contribution in [0.25, 0.3) is 0 Å². The number of nitrogens with two attached hydrogens (primary N) is 1. The Balaban J connectivity index is 2.29. The number of aryl methyl sites for hydroxylation is 1. The van der Waals surface area contributed by atoms with Crippen LogP contribution in [0, 0.1) is 0 Å². The molecule has 0 unspecified atom stereocenters. The molecule has 0 radical (unpaired) electrons. The van der Waals surface area contributed by atoms with Gasteiger partial charge >= 0.3 is 0 Å². The van der Waals surface area contributed by atoms with Crippen LogP contribution in [0.5, 0.6) is 0 Å². The van der Waals surface area contributed by atoms with Crippen molar-refractivity contribution < 1.29 is 4.79 Å². The van der Waals surface area contributed by atoms with Crippen molar-refractivity contribution in [3.8, 4) is 0 Å². The number of rotatable bonds is 3. The highest BCUT2D eigenvalue weighted by Gasteiger charge is 2.22. The van der Waals surface area contributed by atoms with Gasteiger partial charge in [-0.15, -0.1) is 0 Å². The van der Waals surface area contributed by atoms with Crippen molar-refractivity contribution in [1.29, 1.82) is 0 Å². The summed E-state index contributed by atoms with van der Waals surface area (Å²) < 4.78 is 1.67. The van der Waals surface area contributed by atoms with E-state index in [-0.39, 0.29) is 5.91 Å². The fraction of sp³-hybridized carbons (Fsp3) is 0.462. The molecule has 0 saturated heterocycles. The highest BCUT2D eigenvalue weighted by atomic mass is 16.2. The van der Waals surface area contributed by atoms with Crippen molar-refractivity contribution in [2.24, 2.45) is 17.8 Å². The van der Waals surface area contributed by atoms with E-state index >= 15 is 0 Å². The van der Waals surface area contributed by atoms with Crippen molar-refractivity contribution in [2.45, 2.75) is 13.3 Å². The van der Waals surface area contributed by atoms with Crippen LogP contribution in [0.4, 0.5) is 5.69 Å². The molecule has 7 heteroatoms. The fourth-order valence-electron chi connectivity index (χ4n) is 2.22.